The SMILES string of the molecule is [N-]=[N+]=Nc1c(Cl)cncc1-c1ccc(Br)cc1. The molecule has 0 bridgehead atoms. The zero-order chi connectivity index (χ0) is 12.3. The molecule has 0 spiro atoms. The van der Waals surface area contributed by atoms with Gasteiger partial charge >= 0.3 is 0 Å². The van der Waals surface area contributed by atoms with E-state index in [9.17, 15) is 0 Å². The summed E-state index contributed by atoms with van der Waals surface area (Å²) >= 11 is 9.31. The van der Waals surface area contributed by atoms with Crippen LogP contribution in [0.1, 0.15) is 0 Å². The van der Waals surface area contributed by atoms with E-state index in [0.29, 0.717) is 16.3 Å². The van der Waals surface area contributed by atoms with Gasteiger partial charge in [-0.05, 0) is 23.2 Å². The molecule has 0 aliphatic carbocycles. The molecule has 0 amide bonds. The van der Waals surface area contributed by atoms with Crippen LogP contribution in [0.25, 0.3) is 21.6 Å². The highest BCUT2D eigenvalue weighted by atomic mass is 79.9. The number of hydrogen-bond donors (Lipinski definition) is 0. The Balaban J connectivity index is 2.62. The van der Waals surface area contributed by atoms with E-state index in [-0.39, 0.29) is 0 Å². The van der Waals surface area contributed by atoms with Crippen LogP contribution >= 0.6 is 27.5 Å². The zero-order valence-electron chi connectivity index (χ0n) is 8.51. The highest BCUT2D eigenvalue weighted by molar-refractivity contribution is 9.10. The predicted octanol–water partition coefficient (Wildman–Crippen LogP) is 5.11. The van der Waals surface area contributed by atoms with Crippen LogP contribution in [-0.2, 0) is 0 Å². The molecule has 0 N–H and O–H groups in total. The second kappa shape index (κ2) is 5.19. The number of pyridine rings is 1. The van der Waals surface area contributed by atoms with Crippen LogP contribution in [0.3, 0.4) is 0 Å². The van der Waals surface area contributed by atoms with Crippen LogP contribution in [0.15, 0.2) is 46.2 Å². The third-order valence-corrected chi connectivity index (χ3v) is 2.98. The smallest absolute Gasteiger partial charge is 0.0691 e. The summed E-state index contributed by atoms with van der Waals surface area (Å²) in [4.78, 5) is 6.77. The Hall–Kier alpha value is -1.55. The van der Waals surface area contributed by atoms with Gasteiger partial charge in [0.05, 0.1) is 10.7 Å². The average molecular weight is 310 g/mol. The molecule has 6 heteroatoms. The maximum atomic E-state index is 8.53. The van der Waals surface area contributed by atoms with Crippen LogP contribution in [0.4, 0.5) is 5.69 Å². The molecule has 0 aliphatic heterocycles. The topological polar surface area (TPSA) is 61.7 Å². The van der Waals surface area contributed by atoms with Crippen molar-refractivity contribution in [2.45, 2.75) is 0 Å². The third-order valence-electron chi connectivity index (χ3n) is 2.17. The van der Waals surface area contributed by atoms with Gasteiger partial charge in [0.1, 0.15) is 0 Å². The molecular formula is C11H6BrClN4. The molecule has 4 nitrogen and oxygen atoms in total. The molecule has 2 rings (SSSR count). The second-order valence-corrected chi connectivity index (χ2v) is 4.54. The molecule has 1 heterocycles. The van der Waals surface area contributed by atoms with E-state index in [1.165, 1.54) is 6.20 Å². The highest BCUT2D eigenvalue weighted by Gasteiger charge is 2.08. The summed E-state index contributed by atoms with van der Waals surface area (Å²) in [5, 5.41) is 3.94. The molecule has 2 aromatic rings. The highest BCUT2D eigenvalue weighted by Crippen LogP contribution is 2.35. The summed E-state index contributed by atoms with van der Waals surface area (Å²) in [6.07, 6.45) is 3.08. The van der Waals surface area contributed by atoms with Crippen molar-refractivity contribution in [2.75, 3.05) is 0 Å². The first-order chi connectivity index (χ1) is 8.22. The number of halogens is 2. The molecule has 0 unspecified atom stereocenters. The van der Waals surface area contributed by atoms with E-state index >= 15 is 0 Å². The average Bonchev–Trinajstić information content (AvgIpc) is 2.33. The van der Waals surface area contributed by atoms with Crippen molar-refractivity contribution >= 4 is 33.2 Å². The Morgan fingerprint density at radius 3 is 2.59 bits per heavy atom. The molecule has 0 saturated carbocycles. The molecule has 1 aromatic carbocycles. The zero-order valence-corrected chi connectivity index (χ0v) is 10.9. The van der Waals surface area contributed by atoms with Gasteiger partial charge in [0.15, 0.2) is 0 Å². The maximum Gasteiger partial charge on any atom is 0.0691 e. The van der Waals surface area contributed by atoms with Gasteiger partial charge < -0.3 is 0 Å². The molecular weight excluding hydrogens is 304 g/mol. The van der Waals surface area contributed by atoms with Crippen molar-refractivity contribution in [2.24, 2.45) is 5.11 Å². The number of aromatic nitrogens is 1. The van der Waals surface area contributed by atoms with E-state index < -0.39 is 0 Å². The number of nitrogens with zero attached hydrogens (tertiary/aromatic N) is 4. The van der Waals surface area contributed by atoms with Gasteiger partial charge in [-0.1, -0.05) is 44.8 Å². The molecule has 17 heavy (non-hydrogen) atoms. The van der Waals surface area contributed by atoms with Crippen molar-refractivity contribution in [1.82, 2.24) is 4.98 Å². The van der Waals surface area contributed by atoms with Crippen LogP contribution in [-0.4, -0.2) is 4.98 Å². The van der Waals surface area contributed by atoms with Crippen LogP contribution in [0, 0.1) is 0 Å². The number of rotatable bonds is 2. The Bertz CT molecular complexity index is 591. The lowest BCUT2D eigenvalue weighted by Gasteiger charge is -2.06. The standard InChI is InChI=1S/C11H6BrClN4/c12-8-3-1-7(2-4-8)9-5-15-6-10(13)11(9)16-17-14/h1-6H. The lowest BCUT2D eigenvalue weighted by molar-refractivity contribution is 1.31. The molecule has 0 saturated heterocycles. The summed E-state index contributed by atoms with van der Waals surface area (Å²) in [6, 6.07) is 7.59. The molecule has 1 aromatic heterocycles. The van der Waals surface area contributed by atoms with Crippen LogP contribution in [0.2, 0.25) is 5.02 Å². The Morgan fingerprint density at radius 1 is 1.24 bits per heavy atom. The lowest BCUT2D eigenvalue weighted by atomic mass is 10.1. The van der Waals surface area contributed by atoms with Crippen LogP contribution < -0.4 is 0 Å². The Labute approximate surface area is 111 Å². The van der Waals surface area contributed by atoms with Crippen molar-refractivity contribution in [1.29, 1.82) is 0 Å². The normalized spacial score (nSPS) is 9.76. The minimum absolute atomic E-state index is 0.336. The van der Waals surface area contributed by atoms with Gasteiger partial charge in [0.2, 0.25) is 0 Å². The first kappa shape index (κ1) is 11.9. The fourth-order valence-corrected chi connectivity index (χ4v) is 1.88. The number of hydrogen-bond acceptors (Lipinski definition) is 2. The van der Waals surface area contributed by atoms with Crippen molar-refractivity contribution in [3.63, 3.8) is 0 Å². The van der Waals surface area contributed by atoms with Crippen molar-refractivity contribution in [3.05, 3.63) is 56.6 Å². The Kier molecular flexibility index (Phi) is 3.64. The van der Waals surface area contributed by atoms with E-state index in [2.05, 4.69) is 30.9 Å². The van der Waals surface area contributed by atoms with Gasteiger partial charge in [0.25, 0.3) is 0 Å². The van der Waals surface area contributed by atoms with Gasteiger partial charge in [-0.3, -0.25) is 4.98 Å². The second-order valence-electron chi connectivity index (χ2n) is 3.21. The Morgan fingerprint density at radius 2 is 1.94 bits per heavy atom. The largest absolute Gasteiger partial charge is 0.263 e. The summed E-state index contributed by atoms with van der Waals surface area (Å²) < 4.78 is 0.974. The molecule has 0 atom stereocenters. The predicted molar refractivity (Wildman–Crippen MR) is 71.2 cm³/mol. The minimum Gasteiger partial charge on any atom is -0.263 e. The van der Waals surface area contributed by atoms with Gasteiger partial charge in [-0.2, -0.15) is 0 Å². The quantitative estimate of drug-likeness (QED) is 0.432. The molecule has 84 valence electrons. The maximum absolute atomic E-state index is 8.53. The van der Waals surface area contributed by atoms with Gasteiger partial charge in [0, 0.05) is 27.3 Å². The van der Waals surface area contributed by atoms with Crippen molar-refractivity contribution < 1.29 is 0 Å². The third kappa shape index (κ3) is 2.58. The van der Waals surface area contributed by atoms with Gasteiger partial charge in [-0.25, -0.2) is 0 Å². The molecule has 0 fully saturated rings. The monoisotopic (exact) mass is 308 g/mol. The minimum atomic E-state index is 0.336. The fraction of sp³-hybridized carbons (Fsp3) is 0. The molecule has 0 aliphatic rings. The number of benzene rings is 1. The van der Waals surface area contributed by atoms with E-state index in [1.54, 1.807) is 6.20 Å². The summed E-state index contributed by atoms with van der Waals surface area (Å²) in [7, 11) is 0. The van der Waals surface area contributed by atoms with Crippen LogP contribution in [0.5, 0.6) is 0 Å². The first-order valence-corrected chi connectivity index (χ1v) is 5.84. The first-order valence-electron chi connectivity index (χ1n) is 4.67. The summed E-state index contributed by atoms with van der Waals surface area (Å²) in [5.41, 5.74) is 10.5. The molecule has 0 radical (unpaired) electrons. The van der Waals surface area contributed by atoms with Crippen molar-refractivity contribution in [3.8, 4) is 11.1 Å². The van der Waals surface area contributed by atoms with E-state index in [1.807, 2.05) is 24.3 Å². The van der Waals surface area contributed by atoms with E-state index in [0.717, 1.165) is 10.0 Å². The number of azide groups is 1. The van der Waals surface area contributed by atoms with Gasteiger partial charge in [-0.15, -0.1) is 0 Å². The lowest BCUT2D eigenvalue weighted by Crippen LogP contribution is -1.82. The van der Waals surface area contributed by atoms with E-state index in [4.69, 9.17) is 17.1 Å². The summed E-state index contributed by atoms with van der Waals surface area (Å²) in [5.74, 6) is 0. The summed E-state index contributed by atoms with van der Waals surface area (Å²) in [6.45, 7) is 0. The fourth-order valence-electron chi connectivity index (χ4n) is 1.42.